The monoisotopic (exact) mass is 288 g/mol. The topological polar surface area (TPSA) is 41.6 Å². The van der Waals surface area contributed by atoms with Crippen molar-refractivity contribution in [2.24, 2.45) is 0 Å². The van der Waals surface area contributed by atoms with E-state index in [-0.39, 0.29) is 12.5 Å². The lowest BCUT2D eigenvalue weighted by Crippen LogP contribution is -2.48. The van der Waals surface area contributed by atoms with Gasteiger partial charge in [0.15, 0.2) is 0 Å². The fourth-order valence-electron chi connectivity index (χ4n) is 3.52. The van der Waals surface area contributed by atoms with Crippen LogP contribution in [0.15, 0.2) is 24.3 Å². The van der Waals surface area contributed by atoms with Gasteiger partial charge in [0.1, 0.15) is 6.61 Å². The molecule has 1 N–H and O–H groups in total. The van der Waals surface area contributed by atoms with E-state index in [9.17, 15) is 4.79 Å². The number of carbonyl (C=O) groups excluding carboxylic acids is 1. The Morgan fingerprint density at radius 3 is 2.38 bits per heavy atom. The normalized spacial score (nSPS) is 19.8. The maximum atomic E-state index is 11.8. The molecule has 0 saturated carbocycles. The summed E-state index contributed by atoms with van der Waals surface area (Å²) in [6.07, 6.45) is 4.36. The van der Waals surface area contributed by atoms with E-state index in [1.54, 1.807) is 7.11 Å². The van der Waals surface area contributed by atoms with Crippen LogP contribution in [0.3, 0.4) is 0 Å². The molecule has 0 atom stereocenters. The fraction of sp³-hybridized carbons (Fsp3) is 0.588. The number of nitrogens with one attached hydrogen (secondary N) is 1. The van der Waals surface area contributed by atoms with E-state index in [1.165, 1.54) is 11.1 Å². The fourth-order valence-corrected chi connectivity index (χ4v) is 3.52. The summed E-state index contributed by atoms with van der Waals surface area (Å²) in [5.74, 6) is 0.115. The summed E-state index contributed by atoms with van der Waals surface area (Å²) < 4.78 is 4.92. The van der Waals surface area contributed by atoms with Crippen LogP contribution in [0.5, 0.6) is 0 Å². The zero-order valence-electron chi connectivity index (χ0n) is 12.7. The summed E-state index contributed by atoms with van der Waals surface area (Å²) in [5.41, 5.74) is 2.98. The third kappa shape index (κ3) is 3.44. The summed E-state index contributed by atoms with van der Waals surface area (Å²) in [4.78, 5) is 13.7. The Bertz CT molecular complexity index is 470. The number of ether oxygens (including phenoxy) is 1. The number of methoxy groups -OCH3 is 1. The maximum absolute atomic E-state index is 11.8. The molecule has 0 spiro atoms. The van der Waals surface area contributed by atoms with Crippen molar-refractivity contribution >= 4 is 5.91 Å². The number of hydrogen-bond acceptors (Lipinski definition) is 3. The Hall–Kier alpha value is -1.39. The second-order valence-corrected chi connectivity index (χ2v) is 6.13. The molecular formula is C17H24N2O2. The Labute approximate surface area is 126 Å². The molecule has 1 fully saturated rings. The molecular weight excluding hydrogens is 264 g/mol. The van der Waals surface area contributed by atoms with Gasteiger partial charge in [0, 0.05) is 32.3 Å². The average Bonchev–Trinajstić information content (AvgIpc) is 2.90. The molecule has 1 amide bonds. The van der Waals surface area contributed by atoms with Gasteiger partial charge in [-0.15, -0.1) is 0 Å². The van der Waals surface area contributed by atoms with Crippen molar-refractivity contribution in [3.8, 4) is 0 Å². The van der Waals surface area contributed by atoms with Crippen molar-refractivity contribution in [1.29, 1.82) is 0 Å². The maximum Gasteiger partial charge on any atom is 0.248 e. The van der Waals surface area contributed by atoms with Crippen LogP contribution in [-0.2, 0) is 22.4 Å². The van der Waals surface area contributed by atoms with E-state index in [4.69, 9.17) is 4.74 Å². The molecule has 0 bridgehead atoms. The number of benzene rings is 1. The van der Waals surface area contributed by atoms with E-state index in [2.05, 4.69) is 29.6 Å². The van der Waals surface area contributed by atoms with Gasteiger partial charge in [0.25, 0.3) is 0 Å². The molecule has 1 heterocycles. The highest BCUT2D eigenvalue weighted by Crippen LogP contribution is 2.23. The number of carbonyl (C=O) groups is 1. The van der Waals surface area contributed by atoms with E-state index < -0.39 is 0 Å². The van der Waals surface area contributed by atoms with Crippen molar-refractivity contribution in [2.75, 3.05) is 26.8 Å². The van der Waals surface area contributed by atoms with Crippen LogP contribution in [0.2, 0.25) is 0 Å². The quantitative estimate of drug-likeness (QED) is 0.910. The molecule has 2 aliphatic rings. The number of hydrogen-bond donors (Lipinski definition) is 1. The number of likely N-dealkylation sites (tertiary alicyclic amines) is 1. The summed E-state index contributed by atoms with van der Waals surface area (Å²) in [5, 5.41) is 3.79. The van der Waals surface area contributed by atoms with Gasteiger partial charge < -0.3 is 15.0 Å². The second-order valence-electron chi connectivity index (χ2n) is 6.13. The Kier molecular flexibility index (Phi) is 4.56. The number of fused-ring (bicyclic) bond motifs is 1. The Balaban J connectivity index is 1.46. The number of piperidine rings is 1. The number of rotatable bonds is 4. The van der Waals surface area contributed by atoms with Crippen LogP contribution in [-0.4, -0.2) is 49.7 Å². The van der Waals surface area contributed by atoms with Crippen molar-refractivity contribution < 1.29 is 9.53 Å². The first-order valence-electron chi connectivity index (χ1n) is 7.86. The lowest BCUT2D eigenvalue weighted by Gasteiger charge is -2.33. The molecule has 4 nitrogen and oxygen atoms in total. The van der Waals surface area contributed by atoms with Crippen molar-refractivity contribution in [3.63, 3.8) is 0 Å². The third-order valence-electron chi connectivity index (χ3n) is 4.64. The van der Waals surface area contributed by atoms with E-state index in [0.29, 0.717) is 12.1 Å². The standard InChI is InChI=1S/C17H24N2O2/c1-21-12-17(20)19-8-6-15(7-9-19)18-16-10-13-4-2-3-5-14(13)11-16/h2-5,15-16,18H,6-12H2,1H3. The zero-order valence-corrected chi connectivity index (χ0v) is 12.7. The molecule has 1 aliphatic heterocycles. The first-order chi connectivity index (χ1) is 10.3. The molecule has 21 heavy (non-hydrogen) atoms. The first kappa shape index (κ1) is 14.5. The highest BCUT2D eigenvalue weighted by Gasteiger charge is 2.27. The minimum absolute atomic E-state index is 0.115. The highest BCUT2D eigenvalue weighted by molar-refractivity contribution is 5.77. The molecule has 1 aromatic rings. The van der Waals surface area contributed by atoms with Gasteiger partial charge in [0.2, 0.25) is 5.91 Å². The van der Waals surface area contributed by atoms with E-state index in [1.807, 2.05) is 4.90 Å². The van der Waals surface area contributed by atoms with Crippen LogP contribution in [0.4, 0.5) is 0 Å². The predicted molar refractivity (Wildman–Crippen MR) is 82.3 cm³/mol. The van der Waals surface area contributed by atoms with Gasteiger partial charge in [-0.05, 0) is 36.8 Å². The van der Waals surface area contributed by atoms with Crippen LogP contribution in [0.1, 0.15) is 24.0 Å². The number of amides is 1. The summed E-state index contributed by atoms with van der Waals surface area (Å²) in [6, 6.07) is 9.83. The van der Waals surface area contributed by atoms with Gasteiger partial charge in [0.05, 0.1) is 0 Å². The lowest BCUT2D eigenvalue weighted by atomic mass is 10.0. The van der Waals surface area contributed by atoms with Crippen LogP contribution in [0, 0.1) is 0 Å². The molecule has 0 unspecified atom stereocenters. The molecule has 1 aliphatic carbocycles. The summed E-state index contributed by atoms with van der Waals surface area (Å²) >= 11 is 0. The van der Waals surface area contributed by atoms with Crippen molar-refractivity contribution in [2.45, 2.75) is 37.8 Å². The highest BCUT2D eigenvalue weighted by atomic mass is 16.5. The predicted octanol–water partition coefficient (Wildman–Crippen LogP) is 1.38. The van der Waals surface area contributed by atoms with Gasteiger partial charge in [-0.1, -0.05) is 24.3 Å². The first-order valence-corrected chi connectivity index (χ1v) is 7.86. The molecule has 1 saturated heterocycles. The van der Waals surface area contributed by atoms with Crippen LogP contribution < -0.4 is 5.32 Å². The van der Waals surface area contributed by atoms with E-state index >= 15 is 0 Å². The summed E-state index contributed by atoms with van der Waals surface area (Å²) in [7, 11) is 1.57. The lowest BCUT2D eigenvalue weighted by molar-refractivity contribution is -0.136. The zero-order chi connectivity index (χ0) is 14.7. The number of nitrogens with zero attached hydrogens (tertiary/aromatic N) is 1. The van der Waals surface area contributed by atoms with Gasteiger partial charge in [-0.2, -0.15) is 0 Å². The largest absolute Gasteiger partial charge is 0.375 e. The van der Waals surface area contributed by atoms with E-state index in [0.717, 1.165) is 38.8 Å². The minimum atomic E-state index is 0.115. The molecule has 0 radical (unpaired) electrons. The molecule has 114 valence electrons. The van der Waals surface area contributed by atoms with Crippen molar-refractivity contribution in [3.05, 3.63) is 35.4 Å². The molecule has 0 aromatic heterocycles. The van der Waals surface area contributed by atoms with Crippen LogP contribution >= 0.6 is 0 Å². The average molecular weight is 288 g/mol. The molecule has 4 heteroatoms. The smallest absolute Gasteiger partial charge is 0.248 e. The molecule has 1 aromatic carbocycles. The second kappa shape index (κ2) is 6.58. The molecule has 3 rings (SSSR count). The SMILES string of the molecule is COCC(=O)N1CCC(NC2Cc3ccccc3C2)CC1. The van der Waals surface area contributed by atoms with Gasteiger partial charge in [-0.3, -0.25) is 4.79 Å². The van der Waals surface area contributed by atoms with Gasteiger partial charge in [-0.25, -0.2) is 0 Å². The summed E-state index contributed by atoms with van der Waals surface area (Å²) in [6.45, 7) is 1.90. The van der Waals surface area contributed by atoms with Crippen molar-refractivity contribution in [1.82, 2.24) is 10.2 Å². The Morgan fingerprint density at radius 1 is 1.19 bits per heavy atom. The minimum Gasteiger partial charge on any atom is -0.375 e. The third-order valence-corrected chi connectivity index (χ3v) is 4.64. The van der Waals surface area contributed by atoms with Crippen LogP contribution in [0.25, 0.3) is 0 Å². The van der Waals surface area contributed by atoms with Gasteiger partial charge >= 0.3 is 0 Å². The Morgan fingerprint density at radius 2 is 1.81 bits per heavy atom.